The van der Waals surface area contributed by atoms with Gasteiger partial charge in [0.05, 0.1) is 0 Å². The Bertz CT molecular complexity index is 368. The number of aliphatic imine (C=N–C) groups is 1. The zero-order valence-corrected chi connectivity index (χ0v) is 10.6. The van der Waals surface area contributed by atoms with Crippen LogP contribution in [0.25, 0.3) is 0 Å². The minimum Gasteiger partial charge on any atom is -0.370 e. The van der Waals surface area contributed by atoms with Crippen LogP contribution < -0.4 is 5.32 Å². The van der Waals surface area contributed by atoms with Gasteiger partial charge in [-0.15, -0.1) is 0 Å². The first kappa shape index (κ1) is 12.1. The summed E-state index contributed by atoms with van der Waals surface area (Å²) in [6.07, 6.45) is 7.93. The Kier molecular flexibility index (Phi) is 4.54. The molecule has 0 spiro atoms. The van der Waals surface area contributed by atoms with Crippen LogP contribution in [0.2, 0.25) is 0 Å². The average Bonchev–Trinajstić information content (AvgIpc) is 2.41. The highest BCUT2D eigenvalue weighted by Crippen LogP contribution is 2.14. The summed E-state index contributed by atoms with van der Waals surface area (Å²) in [5, 5.41) is 3.32. The van der Waals surface area contributed by atoms with E-state index in [9.17, 15) is 0 Å². The molecule has 0 aromatic carbocycles. The molecule has 92 valence electrons. The number of anilines is 1. The van der Waals surface area contributed by atoms with Crippen molar-refractivity contribution in [1.82, 2.24) is 4.98 Å². The van der Waals surface area contributed by atoms with Gasteiger partial charge in [-0.2, -0.15) is 0 Å². The van der Waals surface area contributed by atoms with Crippen molar-refractivity contribution >= 4 is 11.5 Å². The zero-order chi connectivity index (χ0) is 11.9. The number of pyridine rings is 1. The lowest BCUT2D eigenvalue weighted by atomic mass is 10.0. The molecule has 0 aliphatic carbocycles. The maximum atomic E-state index is 4.56. The van der Waals surface area contributed by atoms with Crippen molar-refractivity contribution in [2.24, 2.45) is 4.99 Å². The van der Waals surface area contributed by atoms with Crippen molar-refractivity contribution in [3.8, 4) is 0 Å². The van der Waals surface area contributed by atoms with Crippen molar-refractivity contribution < 1.29 is 0 Å². The minimum absolute atomic E-state index is 0.971. The van der Waals surface area contributed by atoms with Gasteiger partial charge in [-0.1, -0.05) is 13.3 Å². The third-order valence-corrected chi connectivity index (χ3v) is 3.06. The summed E-state index contributed by atoms with van der Waals surface area (Å²) in [7, 11) is 0. The monoisotopic (exact) mass is 231 g/mol. The summed E-state index contributed by atoms with van der Waals surface area (Å²) in [6, 6.07) is 4.19. The fourth-order valence-electron chi connectivity index (χ4n) is 2.00. The number of aromatic nitrogens is 1. The van der Waals surface area contributed by atoms with Crippen LogP contribution in [-0.2, 0) is 0 Å². The molecule has 0 unspecified atom stereocenters. The molecule has 0 atom stereocenters. The quantitative estimate of drug-likeness (QED) is 0.790. The summed E-state index contributed by atoms with van der Waals surface area (Å²) >= 11 is 0. The molecule has 0 radical (unpaired) electrons. The molecule has 0 amide bonds. The van der Waals surface area contributed by atoms with Crippen LogP contribution >= 0.6 is 0 Å². The molecular weight excluding hydrogens is 210 g/mol. The van der Waals surface area contributed by atoms with Crippen LogP contribution in [0.3, 0.4) is 0 Å². The molecule has 0 fully saturated rings. The maximum absolute atomic E-state index is 4.56. The smallest absolute Gasteiger partial charge is 0.125 e. The highest BCUT2D eigenvalue weighted by Gasteiger charge is 2.07. The van der Waals surface area contributed by atoms with E-state index in [0.717, 1.165) is 25.3 Å². The van der Waals surface area contributed by atoms with Gasteiger partial charge in [-0.05, 0) is 37.8 Å². The van der Waals surface area contributed by atoms with E-state index in [1.54, 1.807) is 0 Å². The lowest BCUT2D eigenvalue weighted by Gasteiger charge is -2.12. The first-order valence-corrected chi connectivity index (χ1v) is 6.64. The first-order chi connectivity index (χ1) is 8.40. The molecule has 3 nitrogen and oxygen atoms in total. The molecule has 1 N–H and O–H groups in total. The Morgan fingerprint density at radius 2 is 2.24 bits per heavy atom. The molecule has 17 heavy (non-hydrogen) atoms. The molecule has 0 saturated carbocycles. The molecule has 1 aromatic rings. The van der Waals surface area contributed by atoms with E-state index in [4.69, 9.17) is 0 Å². The van der Waals surface area contributed by atoms with Gasteiger partial charge in [0.25, 0.3) is 0 Å². The molecule has 1 aliphatic rings. The number of hydrogen-bond donors (Lipinski definition) is 1. The highest BCUT2D eigenvalue weighted by atomic mass is 15.0. The lowest BCUT2D eigenvalue weighted by Crippen LogP contribution is -2.09. The maximum Gasteiger partial charge on any atom is 0.125 e. The largest absolute Gasteiger partial charge is 0.370 e. The summed E-state index contributed by atoms with van der Waals surface area (Å²) in [4.78, 5) is 8.99. The van der Waals surface area contributed by atoms with Gasteiger partial charge in [0, 0.05) is 30.6 Å². The summed E-state index contributed by atoms with van der Waals surface area (Å²) in [6.45, 7) is 4.18. The number of nitrogens with zero attached hydrogens (tertiary/aromatic N) is 2. The minimum atomic E-state index is 0.971. The standard InChI is InChI=1S/C14H21N3/c1-2-3-9-16-14-8-7-12(11-17-14)13-6-4-5-10-15-13/h7-8,11H,2-6,9-10H2,1H3,(H,16,17). The van der Waals surface area contributed by atoms with E-state index in [1.807, 2.05) is 6.20 Å². The SMILES string of the molecule is CCCCNc1ccc(C2=NCCCC2)cn1. The van der Waals surface area contributed by atoms with E-state index in [0.29, 0.717) is 0 Å². The molecule has 2 heterocycles. The van der Waals surface area contributed by atoms with Gasteiger partial charge in [0.15, 0.2) is 0 Å². The van der Waals surface area contributed by atoms with Gasteiger partial charge in [0.2, 0.25) is 0 Å². The van der Waals surface area contributed by atoms with Gasteiger partial charge in [-0.3, -0.25) is 4.99 Å². The van der Waals surface area contributed by atoms with E-state index >= 15 is 0 Å². The van der Waals surface area contributed by atoms with Gasteiger partial charge >= 0.3 is 0 Å². The predicted molar refractivity (Wildman–Crippen MR) is 72.9 cm³/mol. The predicted octanol–water partition coefficient (Wildman–Crippen LogP) is 3.27. The normalized spacial score (nSPS) is 15.5. The molecule has 1 aliphatic heterocycles. The second-order valence-electron chi connectivity index (χ2n) is 4.50. The Morgan fingerprint density at radius 3 is 2.88 bits per heavy atom. The molecule has 0 saturated heterocycles. The van der Waals surface area contributed by atoms with Crippen LogP contribution in [0.1, 0.15) is 44.6 Å². The highest BCUT2D eigenvalue weighted by molar-refractivity contribution is 6.00. The Balaban J connectivity index is 1.95. The topological polar surface area (TPSA) is 37.3 Å². The molecule has 0 bridgehead atoms. The van der Waals surface area contributed by atoms with E-state index < -0.39 is 0 Å². The first-order valence-electron chi connectivity index (χ1n) is 6.64. The number of hydrogen-bond acceptors (Lipinski definition) is 3. The van der Waals surface area contributed by atoms with Gasteiger partial charge in [-0.25, -0.2) is 4.98 Å². The van der Waals surface area contributed by atoms with Gasteiger partial charge in [0.1, 0.15) is 5.82 Å². The molecule has 2 rings (SSSR count). The van der Waals surface area contributed by atoms with Crippen LogP contribution in [0.15, 0.2) is 23.3 Å². The summed E-state index contributed by atoms with van der Waals surface area (Å²) in [5.41, 5.74) is 2.41. The van der Waals surface area contributed by atoms with Crippen molar-refractivity contribution in [3.63, 3.8) is 0 Å². The number of nitrogens with one attached hydrogen (secondary N) is 1. The summed E-state index contributed by atoms with van der Waals surface area (Å²) < 4.78 is 0. The lowest BCUT2D eigenvalue weighted by molar-refractivity contribution is 0.738. The fourth-order valence-corrected chi connectivity index (χ4v) is 2.00. The van der Waals surface area contributed by atoms with E-state index in [-0.39, 0.29) is 0 Å². The van der Waals surface area contributed by atoms with Crippen molar-refractivity contribution in [2.45, 2.75) is 39.0 Å². The van der Waals surface area contributed by atoms with Crippen molar-refractivity contribution in [2.75, 3.05) is 18.4 Å². The summed E-state index contributed by atoms with van der Waals surface area (Å²) in [5.74, 6) is 0.971. The second kappa shape index (κ2) is 6.38. The van der Waals surface area contributed by atoms with Crippen LogP contribution in [0.4, 0.5) is 5.82 Å². The van der Waals surface area contributed by atoms with Crippen LogP contribution in [-0.4, -0.2) is 23.8 Å². The second-order valence-corrected chi connectivity index (χ2v) is 4.50. The number of unbranched alkanes of at least 4 members (excludes halogenated alkanes) is 1. The fraction of sp³-hybridized carbons (Fsp3) is 0.571. The third kappa shape index (κ3) is 3.55. The number of rotatable bonds is 5. The average molecular weight is 231 g/mol. The Hall–Kier alpha value is -1.38. The third-order valence-electron chi connectivity index (χ3n) is 3.06. The van der Waals surface area contributed by atoms with Gasteiger partial charge < -0.3 is 5.32 Å². The molecule has 1 aromatic heterocycles. The van der Waals surface area contributed by atoms with Crippen molar-refractivity contribution in [1.29, 1.82) is 0 Å². The van der Waals surface area contributed by atoms with Crippen LogP contribution in [0.5, 0.6) is 0 Å². The van der Waals surface area contributed by atoms with Crippen molar-refractivity contribution in [3.05, 3.63) is 23.9 Å². The van der Waals surface area contributed by atoms with E-state index in [1.165, 1.54) is 37.0 Å². The zero-order valence-electron chi connectivity index (χ0n) is 10.6. The van der Waals surface area contributed by atoms with Crippen LogP contribution in [0, 0.1) is 0 Å². The van der Waals surface area contributed by atoms with E-state index in [2.05, 4.69) is 34.3 Å². The Morgan fingerprint density at radius 1 is 1.29 bits per heavy atom. The molecular formula is C14H21N3. The molecule has 3 heteroatoms. The Labute approximate surface area is 103 Å².